The molecule has 0 amide bonds. The maximum atomic E-state index is 2.34. The van der Waals surface area contributed by atoms with Crippen molar-refractivity contribution in [2.24, 2.45) is 0 Å². The van der Waals surface area contributed by atoms with Gasteiger partial charge in [0.1, 0.15) is 0 Å². The monoisotopic (exact) mass is 292 g/mol. The van der Waals surface area contributed by atoms with E-state index in [0.29, 0.717) is 0 Å². The Labute approximate surface area is 128 Å². The molecule has 0 saturated carbocycles. The van der Waals surface area contributed by atoms with Gasteiger partial charge in [0.25, 0.3) is 0 Å². The van der Waals surface area contributed by atoms with Crippen LogP contribution in [0.15, 0.2) is 12.1 Å². The van der Waals surface area contributed by atoms with Crippen LogP contribution in [-0.4, -0.2) is 6.16 Å². The molecule has 0 nitrogen and oxygen atoms in total. The highest BCUT2D eigenvalue weighted by atomic mass is 31.1. The zero-order chi connectivity index (χ0) is 14.8. The molecule has 1 aromatic carbocycles. The van der Waals surface area contributed by atoms with Crippen LogP contribution >= 0.6 is 8.58 Å². The second kappa shape index (κ2) is 10.4. The van der Waals surface area contributed by atoms with Crippen LogP contribution in [0.4, 0.5) is 0 Å². The minimum atomic E-state index is 1.01. The molecule has 0 saturated heterocycles. The Bertz CT molecular complexity index is 358. The highest BCUT2D eigenvalue weighted by Gasteiger charge is 2.03. The van der Waals surface area contributed by atoms with Crippen molar-refractivity contribution in [3.05, 3.63) is 28.8 Å². The van der Waals surface area contributed by atoms with Gasteiger partial charge >= 0.3 is 0 Å². The predicted molar refractivity (Wildman–Crippen MR) is 96.1 cm³/mol. The Balaban J connectivity index is 2.13. The van der Waals surface area contributed by atoms with E-state index in [1.807, 2.05) is 0 Å². The van der Waals surface area contributed by atoms with E-state index in [9.17, 15) is 0 Å². The summed E-state index contributed by atoms with van der Waals surface area (Å²) in [6.45, 7) is 9.04. The molecule has 0 spiro atoms. The maximum Gasteiger partial charge on any atom is -0.0213 e. The third kappa shape index (κ3) is 6.89. The molecule has 1 heteroatoms. The fourth-order valence-corrected chi connectivity index (χ4v) is 4.31. The maximum absolute atomic E-state index is 2.34. The number of aryl methyl sites for hydroxylation is 3. The molecule has 0 aliphatic carbocycles. The molecule has 0 aromatic heterocycles. The summed E-state index contributed by atoms with van der Waals surface area (Å²) < 4.78 is 0. The summed E-state index contributed by atoms with van der Waals surface area (Å²) in [6.07, 6.45) is 12.8. The van der Waals surface area contributed by atoms with E-state index in [1.165, 1.54) is 74.2 Å². The van der Waals surface area contributed by atoms with Crippen LogP contribution < -0.4 is 5.30 Å². The Kier molecular flexibility index (Phi) is 9.19. The molecule has 0 aliphatic heterocycles. The van der Waals surface area contributed by atoms with Gasteiger partial charge in [0.15, 0.2) is 0 Å². The van der Waals surface area contributed by atoms with Crippen molar-refractivity contribution < 1.29 is 0 Å². The lowest BCUT2D eigenvalue weighted by atomic mass is 10.1. The van der Waals surface area contributed by atoms with Crippen molar-refractivity contribution in [1.29, 1.82) is 0 Å². The van der Waals surface area contributed by atoms with Crippen LogP contribution in [0.3, 0.4) is 0 Å². The van der Waals surface area contributed by atoms with Gasteiger partial charge in [-0.25, -0.2) is 0 Å². The van der Waals surface area contributed by atoms with E-state index < -0.39 is 0 Å². The quantitative estimate of drug-likeness (QED) is 0.363. The lowest BCUT2D eigenvalue weighted by Gasteiger charge is -2.11. The molecule has 114 valence electrons. The average Bonchev–Trinajstić information content (AvgIpc) is 2.39. The van der Waals surface area contributed by atoms with Gasteiger partial charge in [-0.05, 0) is 49.8 Å². The summed E-state index contributed by atoms with van der Waals surface area (Å²) in [5.74, 6) is 0. The number of hydrogen-bond donors (Lipinski definition) is 0. The summed E-state index contributed by atoms with van der Waals surface area (Å²) in [4.78, 5) is 0. The van der Waals surface area contributed by atoms with Gasteiger partial charge in [-0.15, -0.1) is 0 Å². The third-order valence-corrected chi connectivity index (χ3v) is 5.75. The van der Waals surface area contributed by atoms with Gasteiger partial charge in [0, 0.05) is 0 Å². The van der Waals surface area contributed by atoms with Crippen LogP contribution in [0.2, 0.25) is 0 Å². The normalized spacial score (nSPS) is 11.6. The molecular formula is C19H33P. The van der Waals surface area contributed by atoms with Gasteiger partial charge in [-0.3, -0.25) is 0 Å². The van der Waals surface area contributed by atoms with Crippen LogP contribution in [0.1, 0.15) is 75.0 Å². The van der Waals surface area contributed by atoms with Crippen molar-refractivity contribution >= 4 is 13.9 Å². The lowest BCUT2D eigenvalue weighted by Crippen LogP contribution is -2.06. The Morgan fingerprint density at radius 2 is 1.25 bits per heavy atom. The summed E-state index contributed by atoms with van der Waals surface area (Å²) in [6, 6.07) is 4.67. The average molecular weight is 292 g/mol. The van der Waals surface area contributed by atoms with E-state index >= 15 is 0 Å². The molecule has 1 unspecified atom stereocenters. The van der Waals surface area contributed by atoms with Crippen molar-refractivity contribution in [2.75, 3.05) is 6.16 Å². The zero-order valence-electron chi connectivity index (χ0n) is 14.0. The molecule has 1 atom stereocenters. The number of benzene rings is 1. The predicted octanol–water partition coefficient (Wildman–Crippen LogP) is 6.06. The van der Waals surface area contributed by atoms with Crippen molar-refractivity contribution in [2.45, 2.75) is 79.1 Å². The third-order valence-electron chi connectivity index (χ3n) is 4.01. The highest BCUT2D eigenvalue weighted by Crippen LogP contribution is 2.20. The number of unbranched alkanes of at least 4 members (excludes halogenated alkanes) is 7. The first-order chi connectivity index (χ1) is 9.65. The molecule has 20 heavy (non-hydrogen) atoms. The summed E-state index contributed by atoms with van der Waals surface area (Å²) in [7, 11) is 1.01. The molecule has 0 heterocycles. The molecule has 1 rings (SSSR count). The first-order valence-corrected chi connectivity index (χ1v) is 9.67. The van der Waals surface area contributed by atoms with E-state index in [-0.39, 0.29) is 0 Å². The number of rotatable bonds is 10. The van der Waals surface area contributed by atoms with Gasteiger partial charge in [-0.1, -0.05) is 78.1 Å². The summed E-state index contributed by atoms with van der Waals surface area (Å²) in [5.41, 5.74) is 4.40. The summed E-state index contributed by atoms with van der Waals surface area (Å²) >= 11 is 0. The van der Waals surface area contributed by atoms with Crippen molar-refractivity contribution in [1.82, 2.24) is 0 Å². The SMILES string of the molecule is CCCCCCCCCCPc1c(C)cc(C)cc1C. The fourth-order valence-electron chi connectivity index (χ4n) is 2.93. The standard InChI is InChI=1S/C19H33P/c1-5-6-7-8-9-10-11-12-13-20-19-17(3)14-16(2)15-18(19)4/h14-15,20H,5-13H2,1-4H3. The molecule has 1 aromatic rings. The highest BCUT2D eigenvalue weighted by molar-refractivity contribution is 7.47. The van der Waals surface area contributed by atoms with Crippen LogP contribution in [0.5, 0.6) is 0 Å². The lowest BCUT2D eigenvalue weighted by molar-refractivity contribution is 0.586. The van der Waals surface area contributed by atoms with Gasteiger partial charge < -0.3 is 0 Å². The minimum Gasteiger partial charge on any atom is -0.0898 e. The van der Waals surface area contributed by atoms with Crippen LogP contribution in [0, 0.1) is 20.8 Å². The molecular weight excluding hydrogens is 259 g/mol. The molecule has 0 aliphatic rings. The fraction of sp³-hybridized carbons (Fsp3) is 0.684. The largest absolute Gasteiger partial charge is 0.0898 e. The van der Waals surface area contributed by atoms with E-state index in [2.05, 4.69) is 39.8 Å². The van der Waals surface area contributed by atoms with E-state index in [0.717, 1.165) is 8.58 Å². The summed E-state index contributed by atoms with van der Waals surface area (Å²) in [5, 5.41) is 1.62. The Morgan fingerprint density at radius 1 is 0.750 bits per heavy atom. The zero-order valence-corrected chi connectivity index (χ0v) is 15.0. The van der Waals surface area contributed by atoms with E-state index in [4.69, 9.17) is 0 Å². The van der Waals surface area contributed by atoms with E-state index in [1.54, 1.807) is 5.30 Å². The second-order valence-corrected chi connectivity index (χ2v) is 7.53. The van der Waals surface area contributed by atoms with Crippen molar-refractivity contribution in [3.8, 4) is 0 Å². The van der Waals surface area contributed by atoms with Crippen molar-refractivity contribution in [3.63, 3.8) is 0 Å². The Morgan fingerprint density at radius 3 is 1.80 bits per heavy atom. The Hall–Kier alpha value is -0.350. The topological polar surface area (TPSA) is 0 Å². The van der Waals surface area contributed by atoms with Gasteiger partial charge in [-0.2, -0.15) is 0 Å². The molecule has 0 radical (unpaired) electrons. The van der Waals surface area contributed by atoms with Gasteiger partial charge in [0.2, 0.25) is 0 Å². The molecule has 0 fully saturated rings. The second-order valence-electron chi connectivity index (χ2n) is 6.18. The minimum absolute atomic E-state index is 1.01. The smallest absolute Gasteiger partial charge is 0.0213 e. The van der Waals surface area contributed by atoms with Crippen LogP contribution in [-0.2, 0) is 0 Å². The first kappa shape index (κ1) is 17.7. The van der Waals surface area contributed by atoms with Gasteiger partial charge in [0.05, 0.1) is 0 Å². The first-order valence-electron chi connectivity index (χ1n) is 8.47. The molecule has 0 bridgehead atoms. The van der Waals surface area contributed by atoms with Crippen LogP contribution in [0.25, 0.3) is 0 Å². The molecule has 0 N–H and O–H groups in total. The number of hydrogen-bond acceptors (Lipinski definition) is 0.